The van der Waals surface area contributed by atoms with E-state index in [-0.39, 0.29) is 6.42 Å². The van der Waals surface area contributed by atoms with E-state index in [4.69, 9.17) is 20.3 Å². The number of aliphatic carboxylic acids is 1. The molecule has 0 saturated heterocycles. The van der Waals surface area contributed by atoms with Crippen molar-refractivity contribution >= 4 is 5.97 Å². The number of methoxy groups -OCH3 is 2. The van der Waals surface area contributed by atoms with Crippen LogP contribution in [0.5, 0.6) is 11.5 Å². The highest BCUT2D eigenvalue weighted by atomic mass is 16.5. The Labute approximate surface area is 93.8 Å². The van der Waals surface area contributed by atoms with Crippen LogP contribution >= 0.6 is 0 Å². The first-order valence-electron chi connectivity index (χ1n) is 4.78. The number of benzene rings is 1. The lowest BCUT2D eigenvalue weighted by Crippen LogP contribution is -2.16. The average Bonchev–Trinajstić information content (AvgIpc) is 2.26. The number of rotatable bonds is 5. The summed E-state index contributed by atoms with van der Waals surface area (Å²) in [7, 11) is 3.01. The number of hydrogen-bond donors (Lipinski definition) is 2. The van der Waals surface area contributed by atoms with Crippen LogP contribution in [-0.2, 0) is 4.79 Å². The molecule has 0 saturated carbocycles. The van der Waals surface area contributed by atoms with Gasteiger partial charge in [-0.25, -0.2) is 0 Å². The molecule has 0 aliphatic rings. The van der Waals surface area contributed by atoms with Gasteiger partial charge < -0.3 is 20.3 Å². The molecule has 1 aromatic carbocycles. The number of carbonyl (C=O) groups is 1. The molecule has 0 unspecified atom stereocenters. The lowest BCUT2D eigenvalue weighted by Gasteiger charge is -2.16. The van der Waals surface area contributed by atoms with E-state index in [0.717, 1.165) is 0 Å². The maximum Gasteiger partial charge on any atom is 0.305 e. The van der Waals surface area contributed by atoms with Gasteiger partial charge in [-0.1, -0.05) is 12.1 Å². The van der Waals surface area contributed by atoms with Gasteiger partial charge in [0, 0.05) is 11.6 Å². The van der Waals surface area contributed by atoms with Crippen molar-refractivity contribution in [2.24, 2.45) is 5.73 Å². The van der Waals surface area contributed by atoms with Gasteiger partial charge in [0.1, 0.15) is 0 Å². The second-order valence-corrected chi connectivity index (χ2v) is 3.29. The lowest BCUT2D eigenvalue weighted by molar-refractivity contribution is -0.137. The monoisotopic (exact) mass is 225 g/mol. The van der Waals surface area contributed by atoms with E-state index in [2.05, 4.69) is 0 Å². The molecule has 1 atom stereocenters. The minimum absolute atomic E-state index is 0.149. The van der Waals surface area contributed by atoms with Gasteiger partial charge in [0.2, 0.25) is 0 Å². The van der Waals surface area contributed by atoms with Gasteiger partial charge in [-0.3, -0.25) is 4.79 Å². The number of carboxylic acids is 1. The van der Waals surface area contributed by atoms with Crippen LogP contribution in [0, 0.1) is 0 Å². The molecule has 5 heteroatoms. The number of carboxylic acid groups (broad SMARTS) is 1. The first-order chi connectivity index (χ1) is 7.60. The van der Waals surface area contributed by atoms with Crippen LogP contribution in [0.3, 0.4) is 0 Å². The molecule has 1 aromatic rings. The van der Waals surface area contributed by atoms with Gasteiger partial charge in [0.15, 0.2) is 11.5 Å². The maximum absolute atomic E-state index is 10.6. The molecule has 88 valence electrons. The SMILES string of the molecule is COc1cccc([C@H](N)CC(=O)O)c1OC. The highest BCUT2D eigenvalue weighted by Gasteiger charge is 2.17. The van der Waals surface area contributed by atoms with E-state index in [0.29, 0.717) is 17.1 Å². The molecule has 0 spiro atoms. The van der Waals surface area contributed by atoms with Gasteiger partial charge >= 0.3 is 5.97 Å². The van der Waals surface area contributed by atoms with Crippen LogP contribution in [0.25, 0.3) is 0 Å². The Morgan fingerprint density at radius 1 is 1.44 bits per heavy atom. The fraction of sp³-hybridized carbons (Fsp3) is 0.364. The zero-order valence-corrected chi connectivity index (χ0v) is 9.27. The first kappa shape index (κ1) is 12.3. The summed E-state index contributed by atoms with van der Waals surface area (Å²) < 4.78 is 10.3. The molecule has 0 fully saturated rings. The molecule has 0 aliphatic heterocycles. The van der Waals surface area contributed by atoms with Crippen LogP contribution < -0.4 is 15.2 Å². The topological polar surface area (TPSA) is 81.8 Å². The second-order valence-electron chi connectivity index (χ2n) is 3.29. The molecule has 0 aromatic heterocycles. The Bertz CT molecular complexity index is 378. The Balaban J connectivity index is 3.07. The van der Waals surface area contributed by atoms with Gasteiger partial charge in [-0.05, 0) is 6.07 Å². The van der Waals surface area contributed by atoms with Crippen molar-refractivity contribution in [1.82, 2.24) is 0 Å². The average molecular weight is 225 g/mol. The van der Waals surface area contributed by atoms with Crippen LogP contribution in [0.2, 0.25) is 0 Å². The number of para-hydroxylation sites is 1. The first-order valence-corrected chi connectivity index (χ1v) is 4.78. The molecule has 1 rings (SSSR count). The maximum atomic E-state index is 10.6. The summed E-state index contributed by atoms with van der Waals surface area (Å²) in [6, 6.07) is 4.60. The van der Waals surface area contributed by atoms with Crippen molar-refractivity contribution < 1.29 is 19.4 Å². The molecule has 0 radical (unpaired) electrons. The smallest absolute Gasteiger partial charge is 0.305 e. The van der Waals surface area contributed by atoms with Gasteiger partial charge in [-0.2, -0.15) is 0 Å². The highest BCUT2D eigenvalue weighted by Crippen LogP contribution is 2.34. The van der Waals surface area contributed by atoms with Crippen LogP contribution in [0.15, 0.2) is 18.2 Å². The van der Waals surface area contributed by atoms with Crippen molar-refractivity contribution in [3.8, 4) is 11.5 Å². The third kappa shape index (κ3) is 2.64. The van der Waals surface area contributed by atoms with E-state index < -0.39 is 12.0 Å². The van der Waals surface area contributed by atoms with Gasteiger partial charge in [-0.15, -0.1) is 0 Å². The molecule has 5 nitrogen and oxygen atoms in total. The van der Waals surface area contributed by atoms with E-state index in [9.17, 15) is 4.79 Å². The summed E-state index contributed by atoms with van der Waals surface area (Å²) in [5.41, 5.74) is 6.41. The molecule has 16 heavy (non-hydrogen) atoms. The molecular weight excluding hydrogens is 210 g/mol. The quantitative estimate of drug-likeness (QED) is 0.786. The number of nitrogens with two attached hydrogens (primary N) is 1. The van der Waals surface area contributed by atoms with Gasteiger partial charge in [0.25, 0.3) is 0 Å². The van der Waals surface area contributed by atoms with E-state index in [1.54, 1.807) is 18.2 Å². The molecule has 0 amide bonds. The summed E-state index contributed by atoms with van der Waals surface area (Å²) in [6.45, 7) is 0. The van der Waals surface area contributed by atoms with Crippen LogP contribution in [0.4, 0.5) is 0 Å². The van der Waals surface area contributed by atoms with E-state index in [1.165, 1.54) is 14.2 Å². The summed E-state index contributed by atoms with van der Waals surface area (Å²) in [5.74, 6) is 0.0805. The zero-order valence-electron chi connectivity index (χ0n) is 9.27. The van der Waals surface area contributed by atoms with Crippen molar-refractivity contribution in [1.29, 1.82) is 0 Å². The second kappa shape index (κ2) is 5.37. The minimum Gasteiger partial charge on any atom is -0.493 e. The van der Waals surface area contributed by atoms with Crippen molar-refractivity contribution in [3.63, 3.8) is 0 Å². The standard InChI is InChI=1S/C11H15NO4/c1-15-9-5-3-4-7(11(9)16-2)8(12)6-10(13)14/h3-5,8H,6,12H2,1-2H3,(H,13,14)/t8-/m1/s1. The molecule has 0 aliphatic carbocycles. The van der Waals surface area contributed by atoms with Crippen LogP contribution in [0.1, 0.15) is 18.0 Å². The third-order valence-corrected chi connectivity index (χ3v) is 2.23. The Morgan fingerprint density at radius 3 is 2.62 bits per heavy atom. The van der Waals surface area contributed by atoms with Gasteiger partial charge in [0.05, 0.1) is 20.6 Å². The Hall–Kier alpha value is -1.75. The fourth-order valence-corrected chi connectivity index (χ4v) is 1.50. The predicted molar refractivity (Wildman–Crippen MR) is 58.7 cm³/mol. The largest absolute Gasteiger partial charge is 0.493 e. The summed E-state index contributed by atoms with van der Waals surface area (Å²) in [5, 5.41) is 8.68. The fourth-order valence-electron chi connectivity index (χ4n) is 1.50. The Kier molecular flexibility index (Phi) is 4.13. The zero-order chi connectivity index (χ0) is 12.1. The lowest BCUT2D eigenvalue weighted by atomic mass is 10.0. The molecule has 0 bridgehead atoms. The molecule has 0 heterocycles. The molecule has 3 N–H and O–H groups in total. The number of hydrogen-bond acceptors (Lipinski definition) is 4. The van der Waals surface area contributed by atoms with E-state index in [1.807, 2.05) is 0 Å². The summed E-state index contributed by atoms with van der Waals surface area (Å²) in [4.78, 5) is 10.6. The normalized spacial score (nSPS) is 11.9. The van der Waals surface area contributed by atoms with Crippen molar-refractivity contribution in [3.05, 3.63) is 23.8 Å². The van der Waals surface area contributed by atoms with Crippen LogP contribution in [-0.4, -0.2) is 25.3 Å². The minimum atomic E-state index is -0.947. The summed E-state index contributed by atoms with van der Waals surface area (Å²) >= 11 is 0. The summed E-state index contributed by atoms with van der Waals surface area (Å²) in [6.07, 6.45) is -0.149. The van der Waals surface area contributed by atoms with Crippen molar-refractivity contribution in [2.45, 2.75) is 12.5 Å². The highest BCUT2D eigenvalue weighted by molar-refractivity contribution is 5.68. The third-order valence-electron chi connectivity index (χ3n) is 2.23. The Morgan fingerprint density at radius 2 is 2.12 bits per heavy atom. The van der Waals surface area contributed by atoms with Crippen molar-refractivity contribution in [2.75, 3.05) is 14.2 Å². The van der Waals surface area contributed by atoms with E-state index >= 15 is 0 Å². The number of ether oxygens (including phenoxy) is 2. The predicted octanol–water partition coefficient (Wildman–Crippen LogP) is 1.18. The molecular formula is C11H15NO4.